The molecular weight excluding hydrogens is 459 g/mol. The molecule has 0 bridgehead atoms. The molecule has 4 rings (SSSR count). The van der Waals surface area contributed by atoms with Crippen molar-refractivity contribution in [3.8, 4) is 22.6 Å². The molecule has 0 radical (unpaired) electrons. The molecule has 0 aliphatic heterocycles. The molecular formula is C25H25FN2O5S. The molecule has 1 aromatic heterocycles. The van der Waals surface area contributed by atoms with Gasteiger partial charge in [0.25, 0.3) is 0 Å². The standard InChI is InChI=1S/C25H25FN2O5S/c1-4-33-24-14-18(9-11-23(24)32-2)22(15-34(3,30)31)28-21-10-8-17(13-20(21)27-25(28)29)16-6-5-7-19(26)12-16/h5-14,22H,4,15H2,1-3H3,(H,27,29). The lowest BCUT2D eigenvalue weighted by molar-refractivity contribution is 0.310. The van der Waals surface area contributed by atoms with Gasteiger partial charge in [-0.1, -0.05) is 24.3 Å². The number of H-pyrrole nitrogens is 1. The second-order valence-corrected chi connectivity index (χ2v) is 10.2. The lowest BCUT2D eigenvalue weighted by Gasteiger charge is -2.20. The summed E-state index contributed by atoms with van der Waals surface area (Å²) in [5, 5.41) is 0. The zero-order valence-electron chi connectivity index (χ0n) is 19.0. The van der Waals surface area contributed by atoms with E-state index in [4.69, 9.17) is 9.47 Å². The van der Waals surface area contributed by atoms with Crippen LogP contribution < -0.4 is 15.2 Å². The molecule has 1 atom stereocenters. The fourth-order valence-corrected chi connectivity index (χ4v) is 4.98. The molecule has 0 fully saturated rings. The Balaban J connectivity index is 1.88. The van der Waals surface area contributed by atoms with Crippen LogP contribution in [-0.4, -0.2) is 43.7 Å². The highest BCUT2D eigenvalue weighted by Crippen LogP contribution is 2.33. The molecule has 9 heteroatoms. The molecule has 0 spiro atoms. The first-order chi connectivity index (χ1) is 16.2. The Morgan fingerprint density at radius 2 is 1.79 bits per heavy atom. The fourth-order valence-electron chi connectivity index (χ4n) is 4.06. The molecule has 178 valence electrons. The maximum absolute atomic E-state index is 13.7. The number of imidazole rings is 1. The van der Waals surface area contributed by atoms with Gasteiger partial charge in [0.2, 0.25) is 0 Å². The van der Waals surface area contributed by atoms with Crippen LogP contribution in [0.1, 0.15) is 18.5 Å². The van der Waals surface area contributed by atoms with E-state index in [1.54, 1.807) is 48.5 Å². The van der Waals surface area contributed by atoms with Crippen LogP contribution in [0.15, 0.2) is 65.5 Å². The van der Waals surface area contributed by atoms with E-state index in [9.17, 15) is 17.6 Å². The van der Waals surface area contributed by atoms with Crippen LogP contribution >= 0.6 is 0 Å². The number of halogens is 1. The third-order valence-corrected chi connectivity index (χ3v) is 6.44. The van der Waals surface area contributed by atoms with Gasteiger partial charge in [-0.3, -0.25) is 4.57 Å². The topological polar surface area (TPSA) is 90.4 Å². The number of rotatable bonds is 8. The average Bonchev–Trinajstić information content (AvgIpc) is 3.12. The summed E-state index contributed by atoms with van der Waals surface area (Å²) in [5.74, 6) is 0.321. The van der Waals surface area contributed by atoms with Crippen molar-refractivity contribution in [2.75, 3.05) is 25.7 Å². The highest BCUT2D eigenvalue weighted by atomic mass is 32.2. The third kappa shape index (κ3) is 4.84. The number of nitrogens with one attached hydrogen (secondary N) is 1. The van der Waals surface area contributed by atoms with Gasteiger partial charge in [-0.15, -0.1) is 0 Å². The van der Waals surface area contributed by atoms with Gasteiger partial charge in [0.05, 0.1) is 36.5 Å². The van der Waals surface area contributed by atoms with Crippen molar-refractivity contribution >= 4 is 20.9 Å². The van der Waals surface area contributed by atoms with Gasteiger partial charge in [-0.25, -0.2) is 17.6 Å². The van der Waals surface area contributed by atoms with Crippen LogP contribution in [0.3, 0.4) is 0 Å². The van der Waals surface area contributed by atoms with Crippen molar-refractivity contribution < 1.29 is 22.3 Å². The second-order valence-electron chi connectivity index (χ2n) is 7.99. The number of nitrogens with zero attached hydrogens (tertiary/aromatic N) is 1. The Hall–Kier alpha value is -3.59. The minimum absolute atomic E-state index is 0.288. The normalized spacial score (nSPS) is 12.6. The van der Waals surface area contributed by atoms with Gasteiger partial charge in [0.15, 0.2) is 11.5 Å². The van der Waals surface area contributed by atoms with E-state index in [1.807, 2.05) is 6.92 Å². The number of sulfone groups is 1. The number of ether oxygens (including phenoxy) is 2. The maximum Gasteiger partial charge on any atom is 0.327 e. The van der Waals surface area contributed by atoms with E-state index in [1.165, 1.54) is 23.8 Å². The molecule has 0 amide bonds. The van der Waals surface area contributed by atoms with Gasteiger partial charge in [0.1, 0.15) is 15.7 Å². The van der Waals surface area contributed by atoms with E-state index < -0.39 is 21.6 Å². The molecule has 7 nitrogen and oxygen atoms in total. The molecule has 0 aliphatic carbocycles. The summed E-state index contributed by atoms with van der Waals surface area (Å²) in [4.78, 5) is 15.9. The Morgan fingerprint density at radius 1 is 1.03 bits per heavy atom. The van der Waals surface area contributed by atoms with Gasteiger partial charge >= 0.3 is 5.69 Å². The quantitative estimate of drug-likeness (QED) is 0.405. The molecule has 3 aromatic carbocycles. The highest BCUT2D eigenvalue weighted by Gasteiger charge is 2.25. The van der Waals surface area contributed by atoms with Crippen LogP contribution in [-0.2, 0) is 9.84 Å². The lowest BCUT2D eigenvalue weighted by Crippen LogP contribution is -2.28. The van der Waals surface area contributed by atoms with Crippen LogP contribution in [0.25, 0.3) is 22.2 Å². The van der Waals surface area contributed by atoms with Crippen LogP contribution in [0.5, 0.6) is 11.5 Å². The first kappa shape index (κ1) is 23.6. The Bertz CT molecular complexity index is 1510. The van der Waals surface area contributed by atoms with Crippen LogP contribution in [0.2, 0.25) is 0 Å². The van der Waals surface area contributed by atoms with Gasteiger partial charge in [-0.05, 0) is 60.0 Å². The molecule has 34 heavy (non-hydrogen) atoms. The zero-order chi connectivity index (χ0) is 24.5. The predicted octanol–water partition coefficient (Wildman–Crippen LogP) is 4.18. The van der Waals surface area contributed by atoms with Crippen molar-refractivity contribution in [3.63, 3.8) is 0 Å². The fraction of sp³-hybridized carbons (Fsp3) is 0.240. The SMILES string of the molecule is CCOc1cc(C(CS(C)(=O)=O)n2c(=O)[nH]c3cc(-c4cccc(F)c4)ccc32)ccc1OC. The van der Waals surface area contributed by atoms with Crippen LogP contribution in [0, 0.1) is 5.82 Å². The number of hydrogen-bond acceptors (Lipinski definition) is 5. The van der Waals surface area contributed by atoms with Gasteiger partial charge in [-0.2, -0.15) is 0 Å². The summed E-state index contributed by atoms with van der Waals surface area (Å²) in [6.45, 7) is 2.23. The summed E-state index contributed by atoms with van der Waals surface area (Å²) in [5.41, 5.74) is 2.58. The van der Waals surface area contributed by atoms with E-state index in [-0.39, 0.29) is 11.6 Å². The van der Waals surface area contributed by atoms with Crippen molar-refractivity contribution in [1.29, 1.82) is 0 Å². The molecule has 4 aromatic rings. The minimum atomic E-state index is -3.47. The smallest absolute Gasteiger partial charge is 0.327 e. The number of benzene rings is 3. The lowest BCUT2D eigenvalue weighted by atomic mass is 10.0. The first-order valence-electron chi connectivity index (χ1n) is 10.7. The van der Waals surface area contributed by atoms with Crippen molar-refractivity contribution in [1.82, 2.24) is 9.55 Å². The summed E-state index contributed by atoms with van der Waals surface area (Å²) >= 11 is 0. The predicted molar refractivity (Wildman–Crippen MR) is 130 cm³/mol. The van der Waals surface area contributed by atoms with Gasteiger partial charge < -0.3 is 14.5 Å². The van der Waals surface area contributed by atoms with Crippen molar-refractivity contribution in [2.45, 2.75) is 13.0 Å². The van der Waals surface area contributed by atoms with E-state index >= 15 is 0 Å². The number of hydrogen-bond donors (Lipinski definition) is 1. The Labute approximate surface area is 196 Å². The summed E-state index contributed by atoms with van der Waals surface area (Å²) in [6, 6.07) is 15.7. The number of fused-ring (bicyclic) bond motifs is 1. The zero-order valence-corrected chi connectivity index (χ0v) is 19.9. The first-order valence-corrected chi connectivity index (χ1v) is 12.7. The van der Waals surface area contributed by atoms with Gasteiger partial charge in [0, 0.05) is 6.26 Å². The molecule has 1 unspecified atom stereocenters. The molecule has 1 heterocycles. The van der Waals surface area contributed by atoms with Crippen molar-refractivity contribution in [2.24, 2.45) is 0 Å². The Morgan fingerprint density at radius 3 is 2.47 bits per heavy atom. The summed E-state index contributed by atoms with van der Waals surface area (Å²) < 4.78 is 50.8. The van der Waals surface area contributed by atoms with E-state index in [2.05, 4.69) is 4.98 Å². The monoisotopic (exact) mass is 484 g/mol. The highest BCUT2D eigenvalue weighted by molar-refractivity contribution is 7.90. The third-order valence-electron chi connectivity index (χ3n) is 5.52. The number of aromatic amines is 1. The largest absolute Gasteiger partial charge is 0.493 e. The number of methoxy groups -OCH3 is 1. The Kier molecular flexibility index (Phi) is 6.47. The van der Waals surface area contributed by atoms with E-state index in [0.29, 0.717) is 40.3 Å². The molecule has 0 saturated carbocycles. The summed E-state index contributed by atoms with van der Waals surface area (Å²) in [6.07, 6.45) is 1.13. The maximum atomic E-state index is 13.7. The van der Waals surface area contributed by atoms with Crippen LogP contribution in [0.4, 0.5) is 4.39 Å². The molecule has 0 saturated heterocycles. The second kappa shape index (κ2) is 9.34. The molecule has 1 N–H and O–H groups in total. The summed E-state index contributed by atoms with van der Waals surface area (Å²) in [7, 11) is -1.95. The minimum Gasteiger partial charge on any atom is -0.493 e. The number of aromatic nitrogens is 2. The average molecular weight is 485 g/mol. The van der Waals surface area contributed by atoms with E-state index in [0.717, 1.165) is 11.8 Å². The van der Waals surface area contributed by atoms with Crippen molar-refractivity contribution in [3.05, 3.63) is 82.5 Å². The molecule has 0 aliphatic rings.